The molecule has 2 aromatic carbocycles. The zero-order chi connectivity index (χ0) is 21.8. The highest BCUT2D eigenvalue weighted by Crippen LogP contribution is 2.24. The number of morpholine rings is 2. The van der Waals surface area contributed by atoms with E-state index in [0.29, 0.717) is 56.3 Å². The average Bonchev–Trinajstić information content (AvgIpc) is 2.81. The van der Waals surface area contributed by atoms with E-state index in [1.165, 1.54) is 10.4 Å². The van der Waals surface area contributed by atoms with Crippen molar-refractivity contribution in [3.05, 3.63) is 53.6 Å². The number of rotatable bonds is 5. The monoisotopic (exact) mass is 445 g/mol. The fourth-order valence-electron chi connectivity index (χ4n) is 3.73. The van der Waals surface area contributed by atoms with E-state index in [1.54, 1.807) is 19.1 Å². The number of anilines is 2. The molecule has 8 nitrogen and oxygen atoms in total. The molecule has 9 heteroatoms. The maximum atomic E-state index is 13.1. The number of ether oxygens (including phenoxy) is 2. The molecule has 0 saturated carbocycles. The second kappa shape index (κ2) is 9.35. The van der Waals surface area contributed by atoms with Gasteiger partial charge in [0.1, 0.15) is 0 Å². The number of nitrogens with one attached hydrogen (secondary N) is 1. The summed E-state index contributed by atoms with van der Waals surface area (Å²) in [5.41, 5.74) is 2.64. The molecule has 2 aliphatic heterocycles. The van der Waals surface area contributed by atoms with Crippen molar-refractivity contribution >= 4 is 27.3 Å². The summed E-state index contributed by atoms with van der Waals surface area (Å²) in [6, 6.07) is 12.4. The van der Waals surface area contributed by atoms with Crippen LogP contribution in [0.4, 0.5) is 11.4 Å². The minimum absolute atomic E-state index is 0.157. The molecule has 0 radical (unpaired) electrons. The zero-order valence-corrected chi connectivity index (χ0v) is 18.4. The van der Waals surface area contributed by atoms with Gasteiger partial charge in [-0.15, -0.1) is 0 Å². The lowest BCUT2D eigenvalue weighted by molar-refractivity contribution is 0.0730. The van der Waals surface area contributed by atoms with Crippen molar-refractivity contribution in [2.75, 3.05) is 62.8 Å². The van der Waals surface area contributed by atoms with Gasteiger partial charge in [-0.25, -0.2) is 8.42 Å². The highest BCUT2D eigenvalue weighted by Gasteiger charge is 2.28. The molecular formula is C22H27N3O5S. The standard InChI is InChI=1S/C22H27N3O5S/c1-17-2-3-18(16-21(17)31(27,28)25-10-14-30-15-11-25)22(26)23-19-4-6-20(7-5-19)24-8-12-29-13-9-24/h2-7,16H,8-15H2,1H3,(H,23,26). The Morgan fingerprint density at radius 3 is 2.16 bits per heavy atom. The Hall–Kier alpha value is -2.46. The van der Waals surface area contributed by atoms with E-state index < -0.39 is 10.0 Å². The molecule has 4 rings (SSSR count). The van der Waals surface area contributed by atoms with Crippen LogP contribution in [0.25, 0.3) is 0 Å². The molecule has 31 heavy (non-hydrogen) atoms. The second-order valence-corrected chi connectivity index (χ2v) is 9.50. The van der Waals surface area contributed by atoms with E-state index in [-0.39, 0.29) is 10.8 Å². The predicted octanol–water partition coefficient (Wildman–Crippen LogP) is 2.10. The van der Waals surface area contributed by atoms with Gasteiger partial charge in [-0.3, -0.25) is 4.79 Å². The number of hydrogen-bond acceptors (Lipinski definition) is 6. The van der Waals surface area contributed by atoms with E-state index in [1.807, 2.05) is 24.3 Å². The van der Waals surface area contributed by atoms with Crippen LogP contribution in [-0.2, 0) is 19.5 Å². The topological polar surface area (TPSA) is 88.2 Å². The molecular weight excluding hydrogens is 418 g/mol. The number of sulfonamides is 1. The van der Waals surface area contributed by atoms with Crippen LogP contribution in [0.15, 0.2) is 47.4 Å². The third-order valence-electron chi connectivity index (χ3n) is 5.54. The van der Waals surface area contributed by atoms with Crippen molar-refractivity contribution in [2.45, 2.75) is 11.8 Å². The molecule has 2 saturated heterocycles. The van der Waals surface area contributed by atoms with Crippen molar-refractivity contribution in [3.63, 3.8) is 0 Å². The summed E-state index contributed by atoms with van der Waals surface area (Å²) in [7, 11) is -3.68. The zero-order valence-electron chi connectivity index (χ0n) is 17.5. The van der Waals surface area contributed by atoms with E-state index in [9.17, 15) is 13.2 Å². The van der Waals surface area contributed by atoms with Crippen LogP contribution in [0.3, 0.4) is 0 Å². The lowest BCUT2D eigenvalue weighted by Crippen LogP contribution is -2.40. The minimum Gasteiger partial charge on any atom is -0.379 e. The van der Waals surface area contributed by atoms with Crippen molar-refractivity contribution in [1.82, 2.24) is 4.31 Å². The Balaban J connectivity index is 1.49. The number of carbonyl (C=O) groups is 1. The van der Waals surface area contributed by atoms with Gasteiger partial charge in [-0.2, -0.15) is 4.31 Å². The Morgan fingerprint density at radius 1 is 0.903 bits per heavy atom. The van der Waals surface area contributed by atoms with E-state index in [0.717, 1.165) is 18.8 Å². The highest BCUT2D eigenvalue weighted by molar-refractivity contribution is 7.89. The molecule has 2 aromatic rings. The van der Waals surface area contributed by atoms with Gasteiger partial charge in [0.2, 0.25) is 10.0 Å². The summed E-state index contributed by atoms with van der Waals surface area (Å²) in [6.07, 6.45) is 0. The van der Waals surface area contributed by atoms with Gasteiger partial charge in [-0.05, 0) is 48.9 Å². The molecule has 166 valence electrons. The summed E-state index contributed by atoms with van der Waals surface area (Å²) >= 11 is 0. The molecule has 2 heterocycles. The van der Waals surface area contributed by atoms with Gasteiger partial charge in [0.25, 0.3) is 5.91 Å². The van der Waals surface area contributed by atoms with Crippen LogP contribution in [-0.4, -0.2) is 71.2 Å². The Kier molecular flexibility index (Phi) is 6.57. The van der Waals surface area contributed by atoms with Gasteiger partial charge in [-0.1, -0.05) is 6.07 Å². The van der Waals surface area contributed by atoms with Gasteiger partial charge in [0.15, 0.2) is 0 Å². The van der Waals surface area contributed by atoms with Gasteiger partial charge in [0.05, 0.1) is 31.3 Å². The average molecular weight is 446 g/mol. The smallest absolute Gasteiger partial charge is 0.255 e. The van der Waals surface area contributed by atoms with Gasteiger partial charge < -0.3 is 19.7 Å². The number of hydrogen-bond donors (Lipinski definition) is 1. The lowest BCUT2D eigenvalue weighted by atomic mass is 10.1. The number of nitrogens with zero attached hydrogens (tertiary/aromatic N) is 2. The second-order valence-electron chi connectivity index (χ2n) is 7.60. The van der Waals surface area contributed by atoms with Gasteiger partial charge >= 0.3 is 0 Å². The molecule has 1 N–H and O–H groups in total. The van der Waals surface area contributed by atoms with Crippen molar-refractivity contribution < 1.29 is 22.7 Å². The van der Waals surface area contributed by atoms with Gasteiger partial charge in [0, 0.05) is 43.1 Å². The summed E-state index contributed by atoms with van der Waals surface area (Å²) < 4.78 is 38.1. The normalized spacial score (nSPS) is 18.0. The van der Waals surface area contributed by atoms with Crippen LogP contribution in [0.5, 0.6) is 0 Å². The largest absolute Gasteiger partial charge is 0.379 e. The summed E-state index contributed by atoms with van der Waals surface area (Å²) in [6.45, 7) is 6.21. The number of amides is 1. The van der Waals surface area contributed by atoms with Crippen molar-refractivity contribution in [1.29, 1.82) is 0 Å². The first-order valence-corrected chi connectivity index (χ1v) is 11.8. The Morgan fingerprint density at radius 2 is 1.52 bits per heavy atom. The fourth-order valence-corrected chi connectivity index (χ4v) is 5.38. The van der Waals surface area contributed by atoms with Crippen LogP contribution in [0, 0.1) is 6.92 Å². The Labute approximate surface area is 182 Å². The first-order valence-electron chi connectivity index (χ1n) is 10.4. The van der Waals surface area contributed by atoms with E-state index in [2.05, 4.69) is 10.2 Å². The summed E-state index contributed by atoms with van der Waals surface area (Å²) in [5.74, 6) is -0.349. The molecule has 0 atom stereocenters. The molecule has 0 spiro atoms. The van der Waals surface area contributed by atoms with Crippen LogP contribution in [0.2, 0.25) is 0 Å². The third-order valence-corrected chi connectivity index (χ3v) is 7.58. The SMILES string of the molecule is Cc1ccc(C(=O)Nc2ccc(N3CCOCC3)cc2)cc1S(=O)(=O)N1CCOCC1. The van der Waals surface area contributed by atoms with E-state index >= 15 is 0 Å². The van der Waals surface area contributed by atoms with E-state index in [4.69, 9.17) is 9.47 Å². The van der Waals surface area contributed by atoms with Crippen molar-refractivity contribution in [3.8, 4) is 0 Å². The molecule has 0 unspecified atom stereocenters. The Bertz CT molecular complexity index is 1030. The third kappa shape index (κ3) is 4.90. The summed E-state index contributed by atoms with van der Waals surface area (Å²) in [5, 5.41) is 2.86. The fraction of sp³-hybridized carbons (Fsp3) is 0.409. The molecule has 0 aromatic heterocycles. The molecule has 2 aliphatic rings. The number of aryl methyl sites for hydroxylation is 1. The van der Waals surface area contributed by atoms with Crippen LogP contribution >= 0.6 is 0 Å². The molecule has 0 aliphatic carbocycles. The molecule has 2 fully saturated rings. The molecule has 1 amide bonds. The molecule has 0 bridgehead atoms. The van der Waals surface area contributed by atoms with Crippen LogP contribution in [0.1, 0.15) is 15.9 Å². The maximum absolute atomic E-state index is 13.1. The first kappa shape index (κ1) is 21.8. The van der Waals surface area contributed by atoms with Crippen molar-refractivity contribution in [2.24, 2.45) is 0 Å². The summed E-state index contributed by atoms with van der Waals surface area (Å²) in [4.78, 5) is 15.2. The predicted molar refractivity (Wildman–Crippen MR) is 118 cm³/mol. The first-order chi connectivity index (χ1) is 14.9. The minimum atomic E-state index is -3.68. The quantitative estimate of drug-likeness (QED) is 0.758. The highest BCUT2D eigenvalue weighted by atomic mass is 32.2. The number of benzene rings is 2. The number of carbonyl (C=O) groups excluding carboxylic acids is 1. The maximum Gasteiger partial charge on any atom is 0.255 e. The van der Waals surface area contributed by atoms with Crippen LogP contribution < -0.4 is 10.2 Å². The lowest BCUT2D eigenvalue weighted by Gasteiger charge is -2.28.